The number of benzene rings is 1. The van der Waals surface area contributed by atoms with Gasteiger partial charge in [-0.25, -0.2) is 13.1 Å². The Morgan fingerprint density at radius 1 is 1.29 bits per heavy atom. The zero-order valence-corrected chi connectivity index (χ0v) is 14.6. The molecule has 1 heterocycles. The number of nitrogens with zero attached hydrogens (tertiary/aromatic N) is 1. The van der Waals surface area contributed by atoms with Crippen LogP contribution in [0.1, 0.15) is 20.8 Å². The monoisotopic (exact) mass is 355 g/mol. The molecule has 2 N–H and O–H groups in total. The van der Waals surface area contributed by atoms with E-state index in [0.717, 1.165) is 0 Å². The van der Waals surface area contributed by atoms with Crippen LogP contribution in [0.5, 0.6) is 5.75 Å². The Morgan fingerprint density at radius 3 is 2.62 bits per heavy atom. The number of rotatable bonds is 5. The first-order chi connectivity index (χ1) is 11.2. The molecule has 1 aliphatic rings. The van der Waals surface area contributed by atoms with Gasteiger partial charge in [-0.2, -0.15) is 0 Å². The largest absolute Gasteiger partial charge is 0.487 e. The van der Waals surface area contributed by atoms with Gasteiger partial charge in [0.2, 0.25) is 21.8 Å². The van der Waals surface area contributed by atoms with E-state index in [2.05, 4.69) is 10.0 Å². The molecule has 2 amide bonds. The van der Waals surface area contributed by atoms with Crippen LogP contribution in [-0.4, -0.2) is 46.0 Å². The lowest BCUT2D eigenvalue weighted by Crippen LogP contribution is -2.41. The van der Waals surface area contributed by atoms with Crippen molar-refractivity contribution in [2.24, 2.45) is 0 Å². The van der Waals surface area contributed by atoms with Gasteiger partial charge in [0.1, 0.15) is 11.9 Å². The topological polar surface area (TPSA) is 105 Å². The summed E-state index contributed by atoms with van der Waals surface area (Å²) < 4.78 is 32.7. The van der Waals surface area contributed by atoms with Crippen molar-refractivity contribution in [2.45, 2.75) is 31.8 Å². The summed E-state index contributed by atoms with van der Waals surface area (Å²) in [5.74, 6) is 0.0621. The first kappa shape index (κ1) is 18.2. The third-order valence-electron chi connectivity index (χ3n) is 3.47. The quantitative estimate of drug-likeness (QED) is 0.736. The fourth-order valence-electron chi connectivity index (χ4n) is 2.39. The van der Waals surface area contributed by atoms with E-state index in [1.807, 2.05) is 6.92 Å². The van der Waals surface area contributed by atoms with Gasteiger partial charge in [-0.3, -0.25) is 9.59 Å². The first-order valence-electron chi connectivity index (χ1n) is 7.53. The Hall–Kier alpha value is -2.13. The molecule has 0 fully saturated rings. The van der Waals surface area contributed by atoms with E-state index < -0.39 is 10.0 Å². The van der Waals surface area contributed by atoms with Gasteiger partial charge >= 0.3 is 0 Å². The number of nitrogens with one attached hydrogen (secondary N) is 2. The second kappa shape index (κ2) is 7.18. The Labute approximate surface area is 141 Å². The van der Waals surface area contributed by atoms with Crippen LogP contribution in [-0.2, 0) is 19.6 Å². The molecule has 2 rings (SSSR count). The lowest BCUT2D eigenvalue weighted by atomic mass is 10.2. The highest BCUT2D eigenvalue weighted by atomic mass is 32.2. The predicted octanol–water partition coefficient (Wildman–Crippen LogP) is 0.235. The number of hydrogen-bond donors (Lipinski definition) is 2. The molecule has 0 spiro atoms. The zero-order valence-electron chi connectivity index (χ0n) is 13.8. The summed E-state index contributed by atoms with van der Waals surface area (Å²) in [6.45, 7) is 5.25. The van der Waals surface area contributed by atoms with E-state index in [1.54, 1.807) is 6.07 Å². The molecule has 132 valence electrons. The van der Waals surface area contributed by atoms with Crippen LogP contribution in [0.15, 0.2) is 23.1 Å². The number of carbonyl (C=O) groups is 2. The molecule has 1 aromatic carbocycles. The van der Waals surface area contributed by atoms with Crippen molar-refractivity contribution in [1.29, 1.82) is 0 Å². The molecule has 1 aliphatic heterocycles. The van der Waals surface area contributed by atoms with Crippen LogP contribution >= 0.6 is 0 Å². The van der Waals surface area contributed by atoms with E-state index >= 15 is 0 Å². The normalized spacial score (nSPS) is 17.0. The van der Waals surface area contributed by atoms with Gasteiger partial charge < -0.3 is 15.0 Å². The van der Waals surface area contributed by atoms with Crippen LogP contribution in [0.25, 0.3) is 0 Å². The number of sulfonamides is 1. The highest BCUT2D eigenvalue weighted by Gasteiger charge is 2.27. The van der Waals surface area contributed by atoms with E-state index in [-0.39, 0.29) is 35.9 Å². The summed E-state index contributed by atoms with van der Waals surface area (Å²) >= 11 is 0. The molecular weight excluding hydrogens is 334 g/mol. The molecule has 0 radical (unpaired) electrons. The smallest absolute Gasteiger partial charge is 0.240 e. The summed E-state index contributed by atoms with van der Waals surface area (Å²) in [7, 11) is -3.75. The van der Waals surface area contributed by atoms with E-state index in [4.69, 9.17) is 4.74 Å². The summed E-state index contributed by atoms with van der Waals surface area (Å²) in [6.07, 6.45) is -0.167. The minimum Gasteiger partial charge on any atom is -0.487 e. The van der Waals surface area contributed by atoms with Crippen LogP contribution in [0.2, 0.25) is 0 Å². The van der Waals surface area contributed by atoms with Gasteiger partial charge in [-0.05, 0) is 25.1 Å². The molecule has 24 heavy (non-hydrogen) atoms. The van der Waals surface area contributed by atoms with Gasteiger partial charge in [0, 0.05) is 26.9 Å². The Kier molecular flexibility index (Phi) is 5.45. The van der Waals surface area contributed by atoms with Crippen LogP contribution in [0.4, 0.5) is 5.69 Å². The first-order valence-corrected chi connectivity index (χ1v) is 9.02. The van der Waals surface area contributed by atoms with E-state index in [1.165, 1.54) is 30.9 Å². The maximum atomic E-state index is 12.3. The minimum atomic E-state index is -3.75. The Balaban J connectivity index is 2.21. The summed E-state index contributed by atoms with van der Waals surface area (Å²) in [6, 6.07) is 4.39. The SMILES string of the molecule is CC(=O)NCCNS(=O)(=O)c1ccc2c(c1)N(C(C)=O)CC(C)O2. The lowest BCUT2D eigenvalue weighted by Gasteiger charge is -2.33. The van der Waals surface area contributed by atoms with Crippen molar-refractivity contribution >= 4 is 27.5 Å². The average Bonchev–Trinajstić information content (AvgIpc) is 2.50. The lowest BCUT2D eigenvalue weighted by molar-refractivity contribution is -0.119. The van der Waals surface area contributed by atoms with Gasteiger partial charge in [0.15, 0.2) is 0 Å². The van der Waals surface area contributed by atoms with Gasteiger partial charge in [0.25, 0.3) is 0 Å². The number of amides is 2. The molecule has 1 atom stereocenters. The number of fused-ring (bicyclic) bond motifs is 1. The molecule has 1 aromatic rings. The molecule has 0 aromatic heterocycles. The standard InChI is InChI=1S/C15H21N3O5S/c1-10-9-18(12(3)20)14-8-13(4-5-15(14)23-10)24(21,22)17-7-6-16-11(2)19/h4-5,8,10,17H,6-7,9H2,1-3H3,(H,16,19). The van der Waals surface area contributed by atoms with Crippen LogP contribution < -0.4 is 19.7 Å². The summed E-state index contributed by atoms with van der Waals surface area (Å²) in [5, 5.41) is 2.51. The molecule has 8 nitrogen and oxygen atoms in total. The van der Waals surface area contributed by atoms with Crippen molar-refractivity contribution in [3.8, 4) is 5.75 Å². The third-order valence-corrected chi connectivity index (χ3v) is 4.93. The molecule has 0 aliphatic carbocycles. The highest BCUT2D eigenvalue weighted by molar-refractivity contribution is 7.89. The molecule has 9 heteroatoms. The maximum Gasteiger partial charge on any atom is 0.240 e. The molecule has 1 unspecified atom stereocenters. The van der Waals surface area contributed by atoms with Gasteiger partial charge in [0.05, 0.1) is 17.1 Å². The second-order valence-electron chi connectivity index (χ2n) is 5.57. The third kappa shape index (κ3) is 4.24. The van der Waals surface area contributed by atoms with Crippen LogP contribution in [0, 0.1) is 0 Å². The molecular formula is C15H21N3O5S. The van der Waals surface area contributed by atoms with E-state index in [0.29, 0.717) is 18.0 Å². The number of carbonyl (C=O) groups excluding carboxylic acids is 2. The van der Waals surface area contributed by atoms with Crippen molar-refractivity contribution in [2.75, 3.05) is 24.5 Å². The van der Waals surface area contributed by atoms with Crippen LogP contribution in [0.3, 0.4) is 0 Å². The molecule has 0 bridgehead atoms. The zero-order chi connectivity index (χ0) is 17.9. The highest BCUT2D eigenvalue weighted by Crippen LogP contribution is 2.35. The number of anilines is 1. The minimum absolute atomic E-state index is 0.0356. The fourth-order valence-corrected chi connectivity index (χ4v) is 3.44. The molecule has 0 saturated carbocycles. The number of hydrogen-bond acceptors (Lipinski definition) is 5. The fraction of sp³-hybridized carbons (Fsp3) is 0.467. The van der Waals surface area contributed by atoms with Crippen molar-refractivity contribution in [3.63, 3.8) is 0 Å². The van der Waals surface area contributed by atoms with Crippen molar-refractivity contribution in [1.82, 2.24) is 10.0 Å². The second-order valence-corrected chi connectivity index (χ2v) is 7.34. The summed E-state index contributed by atoms with van der Waals surface area (Å²) in [5.41, 5.74) is 0.435. The van der Waals surface area contributed by atoms with Gasteiger partial charge in [-0.15, -0.1) is 0 Å². The number of ether oxygens (including phenoxy) is 1. The van der Waals surface area contributed by atoms with Crippen molar-refractivity contribution in [3.05, 3.63) is 18.2 Å². The van der Waals surface area contributed by atoms with Gasteiger partial charge in [-0.1, -0.05) is 0 Å². The molecule has 0 saturated heterocycles. The Bertz CT molecular complexity index is 747. The Morgan fingerprint density at radius 2 is 2.00 bits per heavy atom. The predicted molar refractivity (Wildman–Crippen MR) is 88.4 cm³/mol. The van der Waals surface area contributed by atoms with Crippen molar-refractivity contribution < 1.29 is 22.7 Å². The van der Waals surface area contributed by atoms with E-state index in [9.17, 15) is 18.0 Å². The average molecular weight is 355 g/mol. The summed E-state index contributed by atoms with van der Waals surface area (Å²) in [4.78, 5) is 24.1. The maximum absolute atomic E-state index is 12.3.